The van der Waals surface area contributed by atoms with Gasteiger partial charge in [0.05, 0.1) is 0 Å². The standard InChI is InChI=1S/C20H30N4O6SSe/c1-20(2,11-21)12-5-3-4-6-15(12)32-31-10-14(18(28)23-9-17(26)27)24-16(25)8-7-13(22)19(29)30/h3-6,13-14H,7-11,21-22H2,1-2H3,(H,23,28)(H,24,25)(H,26,27)(H,29,30)/t13-,14+/m1/s1. The topological polar surface area (TPSA) is 185 Å². The quantitative estimate of drug-likeness (QED) is 0.160. The van der Waals surface area contributed by atoms with Gasteiger partial charge in [-0.15, -0.1) is 0 Å². The van der Waals surface area contributed by atoms with Crippen molar-refractivity contribution in [2.24, 2.45) is 11.5 Å². The third-order valence-corrected chi connectivity index (χ3v) is 8.82. The number of carbonyl (C=O) groups is 4. The first-order valence-electron chi connectivity index (χ1n) is 9.84. The third kappa shape index (κ3) is 9.58. The molecule has 1 aromatic carbocycles. The molecule has 8 N–H and O–H groups in total. The molecule has 2 atom stereocenters. The number of nitrogens with two attached hydrogens (primary N) is 2. The number of benzene rings is 1. The molecule has 12 heteroatoms. The summed E-state index contributed by atoms with van der Waals surface area (Å²) < 4.78 is 1.11. The molecule has 0 aromatic heterocycles. The Morgan fingerprint density at radius 3 is 2.44 bits per heavy atom. The van der Waals surface area contributed by atoms with E-state index in [1.54, 1.807) is 0 Å². The Labute approximate surface area is 196 Å². The molecule has 0 saturated heterocycles. The Morgan fingerprint density at radius 1 is 1.19 bits per heavy atom. The zero-order chi connectivity index (χ0) is 24.3. The van der Waals surface area contributed by atoms with Gasteiger partial charge in [-0.2, -0.15) is 0 Å². The summed E-state index contributed by atoms with van der Waals surface area (Å²) in [5.41, 5.74) is 12.2. The second kappa shape index (κ2) is 13.4. The van der Waals surface area contributed by atoms with Gasteiger partial charge in [0.15, 0.2) is 0 Å². The fourth-order valence-electron chi connectivity index (χ4n) is 2.52. The first-order chi connectivity index (χ1) is 15.0. The number of amides is 2. The maximum absolute atomic E-state index is 12.4. The van der Waals surface area contributed by atoms with Gasteiger partial charge in [0, 0.05) is 0 Å². The second-order valence-electron chi connectivity index (χ2n) is 7.67. The molecule has 0 aliphatic rings. The molecule has 1 aromatic rings. The van der Waals surface area contributed by atoms with Crippen molar-refractivity contribution < 1.29 is 29.4 Å². The Bertz CT molecular complexity index is 823. The van der Waals surface area contributed by atoms with Gasteiger partial charge in [0.1, 0.15) is 0 Å². The number of carboxylic acids is 2. The van der Waals surface area contributed by atoms with Crippen LogP contribution in [-0.4, -0.2) is 78.7 Å². The maximum atomic E-state index is 12.4. The summed E-state index contributed by atoms with van der Waals surface area (Å²) in [4.78, 5) is 46.2. The normalized spacial score (nSPS) is 13.1. The van der Waals surface area contributed by atoms with Crippen LogP contribution in [0.2, 0.25) is 0 Å². The Kier molecular flexibility index (Phi) is 11.7. The van der Waals surface area contributed by atoms with Crippen LogP contribution in [0.25, 0.3) is 0 Å². The van der Waals surface area contributed by atoms with Crippen LogP contribution in [0.1, 0.15) is 32.3 Å². The molecule has 10 nitrogen and oxygen atoms in total. The predicted octanol–water partition coefficient (Wildman–Crippen LogP) is -1.22. The van der Waals surface area contributed by atoms with Crippen molar-refractivity contribution in [1.29, 1.82) is 0 Å². The zero-order valence-electron chi connectivity index (χ0n) is 18.0. The number of rotatable bonds is 14. The molecule has 0 heterocycles. The number of aliphatic carboxylic acids is 2. The van der Waals surface area contributed by atoms with E-state index in [1.807, 2.05) is 24.3 Å². The predicted molar refractivity (Wildman–Crippen MR) is 124 cm³/mol. The van der Waals surface area contributed by atoms with Gasteiger partial charge >= 0.3 is 197 Å². The van der Waals surface area contributed by atoms with Crippen LogP contribution in [0.15, 0.2) is 24.3 Å². The molecule has 178 valence electrons. The molecule has 0 aliphatic carbocycles. The minimum atomic E-state index is -1.22. The number of hydrogen-bond acceptors (Lipinski definition) is 7. The monoisotopic (exact) mass is 534 g/mol. The summed E-state index contributed by atoms with van der Waals surface area (Å²) in [6.45, 7) is 4.01. The van der Waals surface area contributed by atoms with Gasteiger partial charge in [-0.1, -0.05) is 0 Å². The Balaban J connectivity index is 2.80. The van der Waals surface area contributed by atoms with Gasteiger partial charge in [0.2, 0.25) is 0 Å². The molecule has 0 saturated carbocycles. The van der Waals surface area contributed by atoms with Crippen LogP contribution < -0.4 is 26.6 Å². The zero-order valence-corrected chi connectivity index (χ0v) is 20.5. The summed E-state index contributed by atoms with van der Waals surface area (Å²) in [6.07, 6.45) is -0.247. The fourth-order valence-corrected chi connectivity index (χ4v) is 7.12. The van der Waals surface area contributed by atoms with Crippen molar-refractivity contribution in [3.8, 4) is 0 Å². The Morgan fingerprint density at radius 2 is 1.84 bits per heavy atom. The van der Waals surface area contributed by atoms with Crippen LogP contribution in [-0.2, 0) is 24.6 Å². The van der Waals surface area contributed by atoms with Crippen LogP contribution in [0.5, 0.6) is 0 Å². The summed E-state index contributed by atoms with van der Waals surface area (Å²) >= 11 is -0.0925. The summed E-state index contributed by atoms with van der Waals surface area (Å²) in [6, 6.07) is 5.75. The molecule has 0 unspecified atom stereocenters. The molecule has 0 bridgehead atoms. The minimum absolute atomic E-state index is 0.0801. The van der Waals surface area contributed by atoms with E-state index in [4.69, 9.17) is 21.7 Å². The average Bonchev–Trinajstić information content (AvgIpc) is 2.75. The molecular weight excluding hydrogens is 503 g/mol. The van der Waals surface area contributed by atoms with E-state index < -0.39 is 42.4 Å². The summed E-state index contributed by atoms with van der Waals surface area (Å²) in [5, 5.41) is 22.4. The van der Waals surface area contributed by atoms with E-state index in [2.05, 4.69) is 24.5 Å². The van der Waals surface area contributed by atoms with E-state index in [1.165, 1.54) is 10.2 Å². The van der Waals surface area contributed by atoms with Gasteiger partial charge in [-0.05, 0) is 0 Å². The van der Waals surface area contributed by atoms with E-state index in [0.717, 1.165) is 10.0 Å². The van der Waals surface area contributed by atoms with Gasteiger partial charge in [-0.25, -0.2) is 0 Å². The summed E-state index contributed by atoms with van der Waals surface area (Å²) in [7, 11) is 1.47. The number of hydrogen-bond donors (Lipinski definition) is 6. The number of nitrogens with one attached hydrogen (secondary N) is 2. The van der Waals surface area contributed by atoms with Gasteiger partial charge in [0.25, 0.3) is 0 Å². The summed E-state index contributed by atoms with van der Waals surface area (Å²) in [5.74, 6) is -3.35. The molecular formula is C20H30N4O6SSe. The number of carboxylic acid groups (broad SMARTS) is 2. The van der Waals surface area contributed by atoms with Gasteiger partial charge in [-0.3, -0.25) is 0 Å². The van der Waals surface area contributed by atoms with Crippen molar-refractivity contribution >= 4 is 52.2 Å². The van der Waals surface area contributed by atoms with Crippen LogP contribution in [0, 0.1) is 0 Å². The molecule has 1 rings (SSSR count). The van der Waals surface area contributed by atoms with E-state index in [0.29, 0.717) is 6.54 Å². The molecule has 0 spiro atoms. The van der Waals surface area contributed by atoms with Crippen molar-refractivity contribution in [1.82, 2.24) is 10.6 Å². The molecule has 0 radical (unpaired) electrons. The molecule has 0 fully saturated rings. The molecule has 0 aliphatic heterocycles. The fraction of sp³-hybridized carbons (Fsp3) is 0.500. The van der Waals surface area contributed by atoms with E-state index in [-0.39, 0.29) is 37.8 Å². The third-order valence-electron chi connectivity index (χ3n) is 4.58. The van der Waals surface area contributed by atoms with Gasteiger partial charge < -0.3 is 0 Å². The Hall–Kier alpha value is -2.11. The van der Waals surface area contributed by atoms with Crippen molar-refractivity contribution in [3.05, 3.63) is 29.8 Å². The SMILES string of the molecule is CC(C)(CN)c1ccccc1[Se]SC[C@H](NC(=O)CC[C@@H](N)C(=O)O)C(=O)NCC(=O)O. The van der Waals surface area contributed by atoms with Crippen LogP contribution >= 0.6 is 10.2 Å². The van der Waals surface area contributed by atoms with Crippen molar-refractivity contribution in [2.45, 2.75) is 44.2 Å². The first kappa shape index (κ1) is 27.9. The number of carbonyl (C=O) groups excluding carboxylic acids is 2. The second-order valence-corrected chi connectivity index (χ2v) is 11.9. The van der Waals surface area contributed by atoms with Crippen LogP contribution in [0.4, 0.5) is 0 Å². The van der Waals surface area contributed by atoms with E-state index >= 15 is 0 Å². The van der Waals surface area contributed by atoms with Crippen LogP contribution in [0.3, 0.4) is 0 Å². The van der Waals surface area contributed by atoms with Crippen molar-refractivity contribution in [3.63, 3.8) is 0 Å². The van der Waals surface area contributed by atoms with E-state index in [9.17, 15) is 19.2 Å². The molecule has 2 amide bonds. The van der Waals surface area contributed by atoms with Crippen molar-refractivity contribution in [2.75, 3.05) is 18.8 Å². The molecule has 32 heavy (non-hydrogen) atoms. The first-order valence-corrected chi connectivity index (χ1v) is 13.7. The average molecular weight is 534 g/mol.